The zero-order chi connectivity index (χ0) is 18.0. The second kappa shape index (κ2) is 9.34. The van der Waals surface area contributed by atoms with E-state index >= 15 is 0 Å². The van der Waals surface area contributed by atoms with Gasteiger partial charge in [0.25, 0.3) is 5.91 Å². The number of carbonyl (C=O) groups is 2. The highest BCUT2D eigenvalue weighted by Crippen LogP contribution is 2.29. The third-order valence-electron chi connectivity index (χ3n) is 2.61. The van der Waals surface area contributed by atoms with E-state index in [1.54, 1.807) is 0 Å². The van der Waals surface area contributed by atoms with Gasteiger partial charge >= 0.3 is 12.3 Å². The molecular formula is C17H16F3NO3. The van der Waals surface area contributed by atoms with Crippen molar-refractivity contribution in [2.75, 3.05) is 6.61 Å². The number of ether oxygens (including phenoxy) is 1. The Balaban J connectivity index is 0.000000400. The van der Waals surface area contributed by atoms with E-state index in [4.69, 9.17) is 0 Å². The first-order valence-corrected chi connectivity index (χ1v) is 7.00. The minimum Gasteiger partial charge on any atom is -0.450 e. The van der Waals surface area contributed by atoms with Gasteiger partial charge in [-0.1, -0.05) is 42.5 Å². The SMILES string of the molecule is CCOC(=O)NC(=O)c1cccc(C(F)(F)F)c1.c1ccccc1. The summed E-state index contributed by atoms with van der Waals surface area (Å²) in [6.45, 7) is 1.59. The predicted molar refractivity (Wildman–Crippen MR) is 82.4 cm³/mol. The monoisotopic (exact) mass is 339 g/mol. The zero-order valence-electron chi connectivity index (χ0n) is 12.8. The third-order valence-corrected chi connectivity index (χ3v) is 2.61. The van der Waals surface area contributed by atoms with Gasteiger partial charge in [0.05, 0.1) is 12.2 Å². The molecule has 128 valence electrons. The summed E-state index contributed by atoms with van der Waals surface area (Å²) in [5.74, 6) is -0.945. The van der Waals surface area contributed by atoms with Crippen LogP contribution in [0.5, 0.6) is 0 Å². The number of hydrogen-bond donors (Lipinski definition) is 1. The summed E-state index contributed by atoms with van der Waals surface area (Å²) in [5, 5.41) is 1.81. The van der Waals surface area contributed by atoms with Crippen LogP contribution in [0.4, 0.5) is 18.0 Å². The van der Waals surface area contributed by atoms with E-state index in [1.165, 1.54) is 13.0 Å². The standard InChI is InChI=1S/C11H10F3NO3.C6H6/c1-2-18-10(17)15-9(16)7-4-3-5-8(6-7)11(12,13)14;1-2-4-6-5-3-1/h3-6H,2H2,1H3,(H,15,16,17);1-6H. The maximum atomic E-state index is 12.4. The van der Waals surface area contributed by atoms with Crippen molar-refractivity contribution in [3.8, 4) is 0 Å². The molecule has 0 atom stereocenters. The van der Waals surface area contributed by atoms with Crippen LogP contribution in [0, 0.1) is 0 Å². The highest BCUT2D eigenvalue weighted by molar-refractivity contribution is 6.02. The smallest absolute Gasteiger partial charge is 0.416 e. The average Bonchev–Trinajstić information content (AvgIpc) is 2.56. The Labute approximate surface area is 137 Å². The largest absolute Gasteiger partial charge is 0.450 e. The molecule has 2 rings (SSSR count). The lowest BCUT2D eigenvalue weighted by atomic mass is 10.1. The second-order valence-electron chi connectivity index (χ2n) is 4.41. The number of rotatable bonds is 2. The molecule has 2 amide bonds. The maximum Gasteiger partial charge on any atom is 0.416 e. The van der Waals surface area contributed by atoms with Gasteiger partial charge < -0.3 is 4.74 Å². The van der Waals surface area contributed by atoms with E-state index in [0.29, 0.717) is 6.07 Å². The molecule has 0 unspecified atom stereocenters. The van der Waals surface area contributed by atoms with Crippen molar-refractivity contribution in [1.29, 1.82) is 0 Å². The fourth-order valence-corrected chi connectivity index (χ4v) is 1.55. The van der Waals surface area contributed by atoms with Gasteiger partial charge in [0.15, 0.2) is 0 Å². The Morgan fingerprint density at radius 3 is 2.00 bits per heavy atom. The van der Waals surface area contributed by atoms with Crippen LogP contribution in [-0.4, -0.2) is 18.6 Å². The van der Waals surface area contributed by atoms with Crippen molar-refractivity contribution < 1.29 is 27.5 Å². The molecule has 2 aromatic carbocycles. The molecule has 2 aromatic rings. The maximum absolute atomic E-state index is 12.4. The molecule has 0 saturated heterocycles. The molecule has 0 saturated carbocycles. The van der Waals surface area contributed by atoms with Gasteiger partial charge in [0, 0.05) is 5.56 Å². The first kappa shape index (κ1) is 19.2. The molecule has 0 aliphatic carbocycles. The summed E-state index contributed by atoms with van der Waals surface area (Å²) in [6, 6.07) is 15.8. The molecular weight excluding hydrogens is 323 g/mol. The summed E-state index contributed by atoms with van der Waals surface area (Å²) in [6.07, 6.45) is -5.54. The molecule has 0 aliphatic heterocycles. The molecule has 0 fully saturated rings. The van der Waals surface area contributed by atoms with Gasteiger partial charge in [-0.15, -0.1) is 0 Å². The quantitative estimate of drug-likeness (QED) is 0.888. The van der Waals surface area contributed by atoms with E-state index in [2.05, 4.69) is 4.74 Å². The van der Waals surface area contributed by atoms with E-state index in [9.17, 15) is 22.8 Å². The van der Waals surface area contributed by atoms with Gasteiger partial charge in [-0.2, -0.15) is 13.2 Å². The highest BCUT2D eigenvalue weighted by Gasteiger charge is 2.31. The summed E-state index contributed by atoms with van der Waals surface area (Å²) >= 11 is 0. The lowest BCUT2D eigenvalue weighted by Gasteiger charge is -2.08. The van der Waals surface area contributed by atoms with Crippen LogP contribution in [0.3, 0.4) is 0 Å². The highest BCUT2D eigenvalue weighted by atomic mass is 19.4. The molecule has 0 bridgehead atoms. The van der Waals surface area contributed by atoms with Crippen molar-refractivity contribution in [3.63, 3.8) is 0 Å². The number of nitrogens with one attached hydrogen (secondary N) is 1. The van der Waals surface area contributed by atoms with Crippen LogP contribution in [0.1, 0.15) is 22.8 Å². The summed E-state index contributed by atoms with van der Waals surface area (Å²) < 4.78 is 41.6. The Kier molecular flexibility index (Phi) is 7.48. The van der Waals surface area contributed by atoms with Crippen LogP contribution in [-0.2, 0) is 10.9 Å². The Morgan fingerprint density at radius 1 is 1.00 bits per heavy atom. The van der Waals surface area contributed by atoms with Gasteiger partial charge in [-0.3, -0.25) is 10.1 Å². The van der Waals surface area contributed by atoms with E-state index in [0.717, 1.165) is 12.1 Å². The molecule has 24 heavy (non-hydrogen) atoms. The third kappa shape index (κ3) is 6.95. The van der Waals surface area contributed by atoms with E-state index in [1.807, 2.05) is 41.7 Å². The first-order chi connectivity index (χ1) is 11.3. The topological polar surface area (TPSA) is 55.4 Å². The molecule has 0 aliphatic rings. The van der Waals surface area contributed by atoms with Crippen molar-refractivity contribution in [2.45, 2.75) is 13.1 Å². The first-order valence-electron chi connectivity index (χ1n) is 7.00. The van der Waals surface area contributed by atoms with Gasteiger partial charge in [-0.05, 0) is 25.1 Å². The Morgan fingerprint density at radius 2 is 1.54 bits per heavy atom. The normalized spacial score (nSPS) is 10.2. The zero-order valence-corrected chi connectivity index (χ0v) is 12.8. The van der Waals surface area contributed by atoms with Crippen LogP contribution >= 0.6 is 0 Å². The lowest BCUT2D eigenvalue weighted by molar-refractivity contribution is -0.137. The van der Waals surface area contributed by atoms with Crippen molar-refractivity contribution in [3.05, 3.63) is 71.8 Å². The van der Waals surface area contributed by atoms with Crippen molar-refractivity contribution >= 4 is 12.0 Å². The number of hydrogen-bond acceptors (Lipinski definition) is 3. The average molecular weight is 339 g/mol. The van der Waals surface area contributed by atoms with Crippen molar-refractivity contribution in [2.24, 2.45) is 0 Å². The number of alkyl halides is 3. The molecule has 0 radical (unpaired) electrons. The van der Waals surface area contributed by atoms with Crippen LogP contribution in [0.25, 0.3) is 0 Å². The molecule has 0 heterocycles. The molecule has 4 nitrogen and oxygen atoms in total. The molecule has 0 spiro atoms. The van der Waals surface area contributed by atoms with Gasteiger partial charge in [0.2, 0.25) is 0 Å². The summed E-state index contributed by atoms with van der Waals surface area (Å²) in [5.41, 5.74) is -1.23. The minimum atomic E-state index is -4.54. The Hall–Kier alpha value is -2.83. The number of imide groups is 1. The summed E-state index contributed by atoms with van der Waals surface area (Å²) in [4.78, 5) is 22.4. The fourth-order valence-electron chi connectivity index (χ4n) is 1.55. The molecule has 1 N–H and O–H groups in total. The minimum absolute atomic E-state index is 0.0572. The second-order valence-corrected chi connectivity index (χ2v) is 4.41. The van der Waals surface area contributed by atoms with E-state index in [-0.39, 0.29) is 12.2 Å². The van der Waals surface area contributed by atoms with Crippen LogP contribution in [0.2, 0.25) is 0 Å². The number of halogens is 3. The van der Waals surface area contributed by atoms with Gasteiger partial charge in [0.1, 0.15) is 0 Å². The van der Waals surface area contributed by atoms with Gasteiger partial charge in [-0.25, -0.2) is 4.79 Å². The molecule has 0 aromatic heterocycles. The van der Waals surface area contributed by atoms with Crippen molar-refractivity contribution in [1.82, 2.24) is 5.32 Å². The number of benzene rings is 2. The molecule has 7 heteroatoms. The fraction of sp³-hybridized carbons (Fsp3) is 0.176. The van der Waals surface area contributed by atoms with Crippen LogP contribution < -0.4 is 5.32 Å². The number of amides is 2. The lowest BCUT2D eigenvalue weighted by Crippen LogP contribution is -2.31. The predicted octanol–water partition coefficient (Wildman–Crippen LogP) is 4.28. The van der Waals surface area contributed by atoms with Crippen LogP contribution in [0.15, 0.2) is 60.7 Å². The summed E-state index contributed by atoms with van der Waals surface area (Å²) in [7, 11) is 0. The number of carbonyl (C=O) groups excluding carboxylic acids is 2. The van der Waals surface area contributed by atoms with E-state index < -0.39 is 23.7 Å². The Bertz CT molecular complexity index is 631. The number of alkyl carbamates (subject to hydrolysis) is 1.